The quantitative estimate of drug-likeness (QED) is 0.351. The Morgan fingerprint density at radius 2 is 1.30 bits per heavy atom. The van der Waals surface area contributed by atoms with Gasteiger partial charge in [-0.25, -0.2) is 0 Å². The van der Waals surface area contributed by atoms with E-state index in [4.69, 9.17) is 9.47 Å². The number of ether oxygens (including phenoxy) is 2. The molecular weight excluding hydrogens is 292 g/mol. The van der Waals surface area contributed by atoms with Crippen LogP contribution in [0.25, 0.3) is 0 Å². The van der Waals surface area contributed by atoms with Crippen LogP contribution in [-0.4, -0.2) is 24.1 Å². The average molecular weight is 328 g/mol. The molecule has 0 saturated heterocycles. The second-order valence-corrected chi connectivity index (χ2v) is 6.80. The van der Waals surface area contributed by atoms with E-state index in [1.807, 2.05) is 27.7 Å². The van der Waals surface area contributed by atoms with Crippen LogP contribution >= 0.6 is 0 Å². The molecule has 0 bridgehead atoms. The van der Waals surface area contributed by atoms with Crippen molar-refractivity contribution in [2.24, 2.45) is 5.92 Å². The van der Waals surface area contributed by atoms with Crippen molar-refractivity contribution in [3.63, 3.8) is 0 Å². The van der Waals surface area contributed by atoms with E-state index in [1.165, 1.54) is 32.1 Å². The predicted octanol–water partition coefficient (Wildman–Crippen LogP) is 5.04. The molecule has 0 aromatic heterocycles. The van der Waals surface area contributed by atoms with Gasteiger partial charge in [-0.2, -0.15) is 0 Å². The first-order valence-corrected chi connectivity index (χ1v) is 9.25. The molecule has 0 spiro atoms. The number of hydrogen-bond donors (Lipinski definition) is 0. The molecule has 0 amide bonds. The Kier molecular flexibility index (Phi) is 12.8. The smallest absolute Gasteiger partial charge is 0.306 e. The van der Waals surface area contributed by atoms with Crippen LogP contribution in [0.4, 0.5) is 0 Å². The van der Waals surface area contributed by atoms with Gasteiger partial charge in [0.15, 0.2) is 0 Å². The largest absolute Gasteiger partial charge is 0.463 e. The molecule has 0 aliphatic heterocycles. The second-order valence-electron chi connectivity index (χ2n) is 6.80. The highest BCUT2D eigenvalue weighted by molar-refractivity contribution is 5.77. The number of carbonyl (C=O) groups excluding carboxylic acids is 2. The van der Waals surface area contributed by atoms with E-state index in [1.54, 1.807) is 0 Å². The lowest BCUT2D eigenvalue weighted by molar-refractivity contribution is -0.156. The fourth-order valence-electron chi connectivity index (χ4n) is 2.16. The van der Waals surface area contributed by atoms with Crippen molar-refractivity contribution in [2.45, 2.75) is 105 Å². The number of unbranched alkanes of at least 4 members (excludes halogenated alkanes) is 5. The summed E-state index contributed by atoms with van der Waals surface area (Å²) in [6, 6.07) is 0. The van der Waals surface area contributed by atoms with Gasteiger partial charge in [-0.1, -0.05) is 52.9 Å². The minimum Gasteiger partial charge on any atom is -0.463 e. The number of esters is 2. The summed E-state index contributed by atoms with van der Waals surface area (Å²) in [6.45, 7) is 9.99. The summed E-state index contributed by atoms with van der Waals surface area (Å²) in [5.41, 5.74) is 0. The monoisotopic (exact) mass is 328 g/mol. The standard InChI is InChI=1S/C19H36O4/c1-6-7-8-9-10-11-12-16(4)22-18(20)13-14-19(21)23-17(5)15(2)3/h15-17H,6-14H2,1-5H3. The van der Waals surface area contributed by atoms with Crippen molar-refractivity contribution in [1.29, 1.82) is 0 Å². The molecule has 4 heteroatoms. The van der Waals surface area contributed by atoms with Crippen LogP contribution in [0, 0.1) is 5.92 Å². The van der Waals surface area contributed by atoms with E-state index in [9.17, 15) is 9.59 Å². The molecular formula is C19H36O4. The molecule has 0 fully saturated rings. The van der Waals surface area contributed by atoms with Crippen LogP contribution < -0.4 is 0 Å². The van der Waals surface area contributed by atoms with Crippen LogP contribution in [0.2, 0.25) is 0 Å². The molecule has 4 nitrogen and oxygen atoms in total. The average Bonchev–Trinajstić information content (AvgIpc) is 2.48. The maximum atomic E-state index is 11.7. The van der Waals surface area contributed by atoms with Crippen molar-refractivity contribution in [2.75, 3.05) is 0 Å². The lowest BCUT2D eigenvalue weighted by Crippen LogP contribution is -2.21. The molecule has 0 aromatic rings. The molecule has 0 rings (SSSR count). The number of hydrogen-bond acceptors (Lipinski definition) is 4. The predicted molar refractivity (Wildman–Crippen MR) is 93.2 cm³/mol. The first kappa shape index (κ1) is 21.9. The summed E-state index contributed by atoms with van der Waals surface area (Å²) in [5, 5.41) is 0. The Bertz CT molecular complexity index is 325. The molecule has 0 saturated carbocycles. The highest BCUT2D eigenvalue weighted by atomic mass is 16.5. The van der Waals surface area contributed by atoms with Crippen LogP contribution in [0.1, 0.15) is 92.4 Å². The molecule has 2 unspecified atom stereocenters. The van der Waals surface area contributed by atoms with E-state index >= 15 is 0 Å². The molecule has 0 aliphatic rings. The number of carbonyl (C=O) groups is 2. The van der Waals surface area contributed by atoms with Crippen LogP contribution in [0.15, 0.2) is 0 Å². The fourth-order valence-corrected chi connectivity index (χ4v) is 2.16. The van der Waals surface area contributed by atoms with Gasteiger partial charge in [0.25, 0.3) is 0 Å². The van der Waals surface area contributed by atoms with Gasteiger partial charge in [-0.3, -0.25) is 9.59 Å². The minimum absolute atomic E-state index is 0.0701. The summed E-state index contributed by atoms with van der Waals surface area (Å²) >= 11 is 0. The third-order valence-electron chi connectivity index (χ3n) is 4.09. The van der Waals surface area contributed by atoms with E-state index in [0.29, 0.717) is 0 Å². The normalized spacial score (nSPS) is 13.7. The van der Waals surface area contributed by atoms with Gasteiger partial charge in [0.05, 0.1) is 18.9 Å². The first-order chi connectivity index (χ1) is 10.9. The Hall–Kier alpha value is -1.06. The van der Waals surface area contributed by atoms with Crippen LogP contribution in [-0.2, 0) is 19.1 Å². The Balaban J connectivity index is 3.70. The van der Waals surface area contributed by atoms with Crippen molar-refractivity contribution >= 4 is 11.9 Å². The molecule has 2 atom stereocenters. The molecule has 0 aliphatic carbocycles. The van der Waals surface area contributed by atoms with E-state index in [2.05, 4.69) is 6.92 Å². The van der Waals surface area contributed by atoms with Gasteiger partial charge in [0, 0.05) is 0 Å². The zero-order valence-electron chi connectivity index (χ0n) is 15.7. The van der Waals surface area contributed by atoms with E-state index in [0.717, 1.165) is 12.8 Å². The molecule has 136 valence electrons. The summed E-state index contributed by atoms with van der Waals surface area (Å²) in [4.78, 5) is 23.3. The zero-order valence-corrected chi connectivity index (χ0v) is 15.7. The van der Waals surface area contributed by atoms with Crippen LogP contribution in [0.5, 0.6) is 0 Å². The third kappa shape index (κ3) is 13.1. The van der Waals surface area contributed by atoms with Gasteiger partial charge in [-0.15, -0.1) is 0 Å². The minimum atomic E-state index is -0.327. The van der Waals surface area contributed by atoms with Crippen LogP contribution in [0.3, 0.4) is 0 Å². The topological polar surface area (TPSA) is 52.6 Å². The van der Waals surface area contributed by atoms with Crippen molar-refractivity contribution < 1.29 is 19.1 Å². The maximum absolute atomic E-state index is 11.7. The van der Waals surface area contributed by atoms with Gasteiger partial charge in [-0.05, 0) is 32.6 Å². The van der Waals surface area contributed by atoms with Gasteiger partial charge < -0.3 is 9.47 Å². The Morgan fingerprint density at radius 1 is 0.783 bits per heavy atom. The van der Waals surface area contributed by atoms with Crippen molar-refractivity contribution in [1.82, 2.24) is 0 Å². The summed E-state index contributed by atoms with van der Waals surface area (Å²) in [6.07, 6.45) is 8.30. The number of rotatable bonds is 13. The highest BCUT2D eigenvalue weighted by Crippen LogP contribution is 2.12. The molecule has 0 aromatic carbocycles. The first-order valence-electron chi connectivity index (χ1n) is 9.25. The molecule has 0 heterocycles. The Morgan fingerprint density at radius 3 is 1.87 bits per heavy atom. The maximum Gasteiger partial charge on any atom is 0.306 e. The van der Waals surface area contributed by atoms with Gasteiger partial charge in [0.2, 0.25) is 0 Å². The molecule has 0 radical (unpaired) electrons. The van der Waals surface area contributed by atoms with Crippen molar-refractivity contribution in [3.8, 4) is 0 Å². The third-order valence-corrected chi connectivity index (χ3v) is 4.09. The summed E-state index contributed by atoms with van der Waals surface area (Å²) in [7, 11) is 0. The summed E-state index contributed by atoms with van der Waals surface area (Å²) < 4.78 is 10.6. The molecule has 23 heavy (non-hydrogen) atoms. The lowest BCUT2D eigenvalue weighted by Gasteiger charge is -2.17. The van der Waals surface area contributed by atoms with E-state index in [-0.39, 0.29) is 42.9 Å². The molecule has 0 N–H and O–H groups in total. The lowest BCUT2D eigenvalue weighted by atomic mass is 10.1. The van der Waals surface area contributed by atoms with E-state index < -0.39 is 0 Å². The van der Waals surface area contributed by atoms with Gasteiger partial charge >= 0.3 is 11.9 Å². The zero-order chi connectivity index (χ0) is 17.7. The highest BCUT2D eigenvalue weighted by Gasteiger charge is 2.16. The Labute approximate surface area is 142 Å². The van der Waals surface area contributed by atoms with Gasteiger partial charge in [0.1, 0.15) is 6.10 Å². The van der Waals surface area contributed by atoms with Crippen molar-refractivity contribution in [3.05, 3.63) is 0 Å². The SMILES string of the molecule is CCCCCCCCC(C)OC(=O)CCC(=O)OC(C)C(C)C. The fraction of sp³-hybridized carbons (Fsp3) is 0.895. The second kappa shape index (κ2) is 13.4. The summed E-state index contributed by atoms with van der Waals surface area (Å²) in [5.74, 6) is -0.354.